The van der Waals surface area contributed by atoms with Gasteiger partial charge in [0.05, 0.1) is 17.5 Å². The van der Waals surface area contributed by atoms with E-state index >= 15 is 0 Å². The Bertz CT molecular complexity index is 1160. The molecule has 1 aliphatic rings. The molecule has 1 saturated heterocycles. The van der Waals surface area contributed by atoms with E-state index < -0.39 is 0 Å². The van der Waals surface area contributed by atoms with Crippen molar-refractivity contribution in [3.05, 3.63) is 54.5 Å². The van der Waals surface area contributed by atoms with Gasteiger partial charge in [0.15, 0.2) is 0 Å². The smallest absolute Gasteiger partial charge is 0.230 e. The van der Waals surface area contributed by atoms with Crippen LogP contribution in [0.1, 0.15) is 25.0 Å². The van der Waals surface area contributed by atoms with Crippen molar-refractivity contribution in [2.75, 3.05) is 19.7 Å². The standard InChI is InChI=1S/C24H26N4O2/c1-16-11-18-12-20(5-7-22(18)28-16)30-24-21-6-4-19(13-23(21)26-15-27-24)29-10-2-3-17-8-9-25-14-17/h4-7,11-13,15,17,25,28H,2-3,8-10,14H2,1H3. The van der Waals surface area contributed by atoms with E-state index in [0.717, 1.165) is 71.0 Å². The molecule has 3 heterocycles. The summed E-state index contributed by atoms with van der Waals surface area (Å²) in [5.41, 5.74) is 3.04. The van der Waals surface area contributed by atoms with Gasteiger partial charge in [0.2, 0.25) is 5.88 Å². The quantitative estimate of drug-likeness (QED) is 0.427. The van der Waals surface area contributed by atoms with Crippen LogP contribution in [0.5, 0.6) is 17.4 Å². The zero-order valence-electron chi connectivity index (χ0n) is 17.1. The van der Waals surface area contributed by atoms with Gasteiger partial charge in [-0.1, -0.05) is 0 Å². The molecule has 0 spiro atoms. The number of aryl methyl sites for hydroxylation is 1. The Labute approximate surface area is 175 Å². The van der Waals surface area contributed by atoms with Crippen molar-refractivity contribution in [3.63, 3.8) is 0 Å². The van der Waals surface area contributed by atoms with Crippen molar-refractivity contribution in [1.29, 1.82) is 0 Å². The third kappa shape index (κ3) is 4.09. The van der Waals surface area contributed by atoms with Crippen LogP contribution in [-0.2, 0) is 0 Å². The molecular formula is C24H26N4O2. The van der Waals surface area contributed by atoms with Gasteiger partial charge in [-0.2, -0.15) is 0 Å². The number of fused-ring (bicyclic) bond motifs is 2. The third-order valence-corrected chi connectivity index (χ3v) is 5.70. The van der Waals surface area contributed by atoms with Gasteiger partial charge in [0, 0.05) is 22.7 Å². The fourth-order valence-corrected chi connectivity index (χ4v) is 4.14. The van der Waals surface area contributed by atoms with Crippen LogP contribution in [-0.4, -0.2) is 34.6 Å². The molecule has 0 aliphatic carbocycles. The first kappa shape index (κ1) is 18.9. The van der Waals surface area contributed by atoms with Crippen LogP contribution >= 0.6 is 0 Å². The third-order valence-electron chi connectivity index (χ3n) is 5.70. The number of nitrogens with zero attached hydrogens (tertiary/aromatic N) is 2. The summed E-state index contributed by atoms with van der Waals surface area (Å²) in [5.74, 6) is 2.93. The van der Waals surface area contributed by atoms with E-state index in [9.17, 15) is 0 Å². The molecule has 5 rings (SSSR count). The van der Waals surface area contributed by atoms with E-state index in [4.69, 9.17) is 9.47 Å². The molecule has 1 fully saturated rings. The minimum absolute atomic E-state index is 0.548. The number of rotatable bonds is 7. The van der Waals surface area contributed by atoms with Crippen LogP contribution in [0.3, 0.4) is 0 Å². The summed E-state index contributed by atoms with van der Waals surface area (Å²) in [7, 11) is 0. The molecule has 2 aromatic heterocycles. The zero-order valence-corrected chi connectivity index (χ0v) is 17.1. The monoisotopic (exact) mass is 402 g/mol. The van der Waals surface area contributed by atoms with Gasteiger partial charge in [-0.25, -0.2) is 9.97 Å². The Balaban J connectivity index is 1.28. The number of hydrogen-bond donors (Lipinski definition) is 2. The van der Waals surface area contributed by atoms with Crippen molar-refractivity contribution in [2.24, 2.45) is 5.92 Å². The molecular weight excluding hydrogens is 376 g/mol. The summed E-state index contributed by atoms with van der Waals surface area (Å²) in [6.07, 6.45) is 5.11. The highest BCUT2D eigenvalue weighted by Gasteiger charge is 2.14. The number of aromatic nitrogens is 3. The summed E-state index contributed by atoms with van der Waals surface area (Å²) >= 11 is 0. The first-order valence-electron chi connectivity index (χ1n) is 10.6. The van der Waals surface area contributed by atoms with Crippen molar-refractivity contribution in [2.45, 2.75) is 26.2 Å². The zero-order chi connectivity index (χ0) is 20.3. The molecule has 0 amide bonds. The highest BCUT2D eigenvalue weighted by atomic mass is 16.5. The van der Waals surface area contributed by atoms with Gasteiger partial charge < -0.3 is 19.8 Å². The molecule has 6 nitrogen and oxygen atoms in total. The highest BCUT2D eigenvalue weighted by molar-refractivity contribution is 5.85. The molecule has 4 aromatic rings. The van der Waals surface area contributed by atoms with Crippen LogP contribution in [0.25, 0.3) is 21.8 Å². The number of benzene rings is 2. The number of aromatic amines is 1. The predicted molar refractivity (Wildman–Crippen MR) is 118 cm³/mol. The Morgan fingerprint density at radius 3 is 2.90 bits per heavy atom. The number of ether oxygens (including phenoxy) is 2. The minimum atomic E-state index is 0.548. The molecule has 0 bridgehead atoms. The largest absolute Gasteiger partial charge is 0.494 e. The fraction of sp³-hybridized carbons (Fsp3) is 0.333. The maximum absolute atomic E-state index is 6.09. The average molecular weight is 402 g/mol. The van der Waals surface area contributed by atoms with Crippen LogP contribution < -0.4 is 14.8 Å². The SMILES string of the molecule is Cc1cc2cc(Oc3ncnc4cc(OCCCC5CCNC5)ccc34)ccc2[nH]1. The summed E-state index contributed by atoms with van der Waals surface area (Å²) in [5, 5.41) is 5.40. The van der Waals surface area contributed by atoms with Gasteiger partial charge in [-0.3, -0.25) is 0 Å². The molecule has 154 valence electrons. The molecule has 2 aromatic carbocycles. The fourth-order valence-electron chi connectivity index (χ4n) is 4.14. The van der Waals surface area contributed by atoms with Crippen molar-refractivity contribution in [1.82, 2.24) is 20.3 Å². The average Bonchev–Trinajstić information content (AvgIpc) is 3.39. The van der Waals surface area contributed by atoms with E-state index in [-0.39, 0.29) is 0 Å². The Morgan fingerprint density at radius 2 is 2.00 bits per heavy atom. The second-order valence-electron chi connectivity index (χ2n) is 8.01. The second kappa shape index (κ2) is 8.32. The first-order valence-corrected chi connectivity index (χ1v) is 10.6. The number of hydrogen-bond acceptors (Lipinski definition) is 5. The van der Waals surface area contributed by atoms with E-state index in [1.165, 1.54) is 19.2 Å². The van der Waals surface area contributed by atoms with E-state index in [2.05, 4.69) is 26.3 Å². The molecule has 1 aliphatic heterocycles. The van der Waals surface area contributed by atoms with Gasteiger partial charge in [-0.15, -0.1) is 0 Å². The van der Waals surface area contributed by atoms with Gasteiger partial charge in [0.25, 0.3) is 0 Å². The Kier molecular flexibility index (Phi) is 5.24. The van der Waals surface area contributed by atoms with Crippen LogP contribution in [0.4, 0.5) is 0 Å². The van der Waals surface area contributed by atoms with Crippen molar-refractivity contribution >= 4 is 21.8 Å². The maximum Gasteiger partial charge on any atom is 0.230 e. The minimum Gasteiger partial charge on any atom is -0.494 e. The normalized spacial score (nSPS) is 16.4. The van der Waals surface area contributed by atoms with Crippen LogP contribution in [0, 0.1) is 12.8 Å². The highest BCUT2D eigenvalue weighted by Crippen LogP contribution is 2.30. The predicted octanol–water partition coefficient (Wildman–Crippen LogP) is 4.98. The molecule has 0 radical (unpaired) electrons. The lowest BCUT2D eigenvalue weighted by molar-refractivity contribution is 0.295. The number of nitrogens with one attached hydrogen (secondary N) is 2. The molecule has 0 saturated carbocycles. The van der Waals surface area contributed by atoms with Gasteiger partial charge in [-0.05, 0) is 81.6 Å². The summed E-state index contributed by atoms with van der Waals surface area (Å²) in [4.78, 5) is 12.1. The molecule has 6 heteroatoms. The second-order valence-corrected chi connectivity index (χ2v) is 8.01. The number of H-pyrrole nitrogens is 1. The first-order chi connectivity index (χ1) is 14.7. The van der Waals surface area contributed by atoms with Gasteiger partial charge >= 0.3 is 0 Å². The van der Waals surface area contributed by atoms with Gasteiger partial charge in [0.1, 0.15) is 17.8 Å². The van der Waals surface area contributed by atoms with E-state index in [1.54, 1.807) is 0 Å². The maximum atomic E-state index is 6.09. The van der Waals surface area contributed by atoms with Crippen molar-refractivity contribution in [3.8, 4) is 17.4 Å². The molecule has 1 unspecified atom stereocenters. The van der Waals surface area contributed by atoms with E-state index in [0.29, 0.717) is 5.88 Å². The van der Waals surface area contributed by atoms with Crippen molar-refractivity contribution < 1.29 is 9.47 Å². The summed E-state index contributed by atoms with van der Waals surface area (Å²) < 4.78 is 12.1. The lowest BCUT2D eigenvalue weighted by atomic mass is 10.0. The lowest BCUT2D eigenvalue weighted by Crippen LogP contribution is -2.09. The summed E-state index contributed by atoms with van der Waals surface area (Å²) in [6.45, 7) is 5.07. The summed E-state index contributed by atoms with van der Waals surface area (Å²) in [6, 6.07) is 14.0. The van der Waals surface area contributed by atoms with Crippen LogP contribution in [0.15, 0.2) is 48.8 Å². The topological polar surface area (TPSA) is 72.1 Å². The molecule has 2 N–H and O–H groups in total. The Morgan fingerprint density at radius 1 is 1.07 bits per heavy atom. The van der Waals surface area contributed by atoms with E-state index in [1.807, 2.05) is 43.3 Å². The molecule has 30 heavy (non-hydrogen) atoms. The Hall–Kier alpha value is -3.12. The molecule has 1 atom stereocenters. The van der Waals surface area contributed by atoms with Crippen LogP contribution in [0.2, 0.25) is 0 Å². The lowest BCUT2D eigenvalue weighted by Gasteiger charge is -2.11.